The maximum absolute atomic E-state index is 7.64. The van der Waals surface area contributed by atoms with Gasteiger partial charge < -0.3 is 32.9 Å². The highest BCUT2D eigenvalue weighted by molar-refractivity contribution is 7.07. The molecule has 0 saturated carbocycles. The zero-order valence-corrected chi connectivity index (χ0v) is 77.9. The average Bonchev–Trinajstić information content (AvgIpc) is 0.762. The maximum atomic E-state index is 7.64. The SMILES string of the molecule is C#CC#CC#C[Si](C#CC#CC#C)(C#CC#CC#C)O[Si]CC[Si](C)(C)O[SiH](O[Si](C)(C)CC[Si]O[Si](C#CC#CC#C)(C#CC#CC#C)C#CC#CC#C)O[Si](C)(C)CC[Si](O[Si](C#CC#CC#C)(C#CC#CC#C)C#CC#CC#C)(O[Si](C#CC#CC#C)(C#CC#CC#C)C#CC#CC#C)O[Si](C#CC#CC#C)(C#CC#CC#C)C#CC#CC#C. The highest BCUT2D eigenvalue weighted by Gasteiger charge is 2.59. The van der Waals surface area contributed by atoms with Crippen LogP contribution in [0, 0.1) is 535 Å². The van der Waals surface area contributed by atoms with Crippen LogP contribution in [0.2, 0.25) is 75.5 Å². The molecule has 122 heavy (non-hydrogen) atoms. The molecule has 0 aliphatic carbocycles. The molecule has 0 heterocycles. The number of hydrogen-bond acceptors (Lipinski definition) is 8. The van der Waals surface area contributed by atoms with E-state index in [2.05, 4.69) is 438 Å². The molecule has 550 valence electrons. The maximum Gasteiger partial charge on any atom is 0.475 e. The largest absolute Gasteiger partial charge is 0.475 e. The Bertz CT molecular complexity index is 5920. The summed E-state index contributed by atoms with van der Waals surface area (Å²) in [5.74, 6) is 149. The second kappa shape index (κ2) is 63.8. The predicted molar refractivity (Wildman–Crippen MR) is 509 cm³/mol. The lowest BCUT2D eigenvalue weighted by atomic mass is 10.6. The molecule has 0 aromatic heterocycles. The van der Waals surface area contributed by atoms with Gasteiger partial charge in [-0.1, -0.05) is 83.2 Å². The molecule has 0 rings (SSSR count). The summed E-state index contributed by atoms with van der Waals surface area (Å²) in [6, 6.07) is 0.902. The van der Waals surface area contributed by atoms with Crippen molar-refractivity contribution in [2.45, 2.75) is 75.5 Å². The fourth-order valence-corrected chi connectivity index (χ4v) is 44.5. The van der Waals surface area contributed by atoms with E-state index in [1.807, 2.05) is 39.3 Å². The number of rotatable bonds is 25. The molecule has 0 bridgehead atoms. The lowest BCUT2D eigenvalue weighted by Crippen LogP contribution is -2.64. The average molecular weight is 1740 g/mol. The zero-order chi connectivity index (χ0) is 90.4. The van der Waals surface area contributed by atoms with Crippen molar-refractivity contribution in [3.8, 4) is 535 Å². The first-order chi connectivity index (χ1) is 58.9. The first-order valence-corrected chi connectivity index (χ1v) is 57.5. The Kier molecular flexibility index (Phi) is 54.7. The molecule has 4 radical (unpaired) electrons. The standard InChI is InChI=1S/C102H46O8Si12/c1-22-37-52-67-84-117(85-68-53-38-23-2,86-69-54-39-24-3)103-111-82-99-114(16,17)105-113(106-115(18,19)100-83-112-104-118(87-70-55-40-25-4,88-71-56-41-26-5)89-72-57-42-27-6)107-116(20,21)101-102-122(108-119(90-73-58-43-28-7,91-74-59-44-29-8)92-75-60-45-30-9,109-120(93-76-61-46-31-10,94-77-62-47-32-11)95-78-63-48-33-12)110-121(96-79-64-49-34-13,97-80-65-50-35-14)98-81-66-51-36-15/h1-15,113H,82-83,99-102H2,16-21H3. The molecule has 0 aromatic rings. The fraction of sp³-hybridized carbons (Fsp3) is 0.118. The van der Waals surface area contributed by atoms with Crippen molar-refractivity contribution in [3.05, 3.63) is 0 Å². The molecule has 0 N–H and O–H groups in total. The summed E-state index contributed by atoms with van der Waals surface area (Å²) in [4.78, 5) is 0. The third kappa shape index (κ3) is 49.9. The van der Waals surface area contributed by atoms with Crippen molar-refractivity contribution in [3.63, 3.8) is 0 Å². The van der Waals surface area contributed by atoms with Gasteiger partial charge in [-0.25, -0.2) is 0 Å². The van der Waals surface area contributed by atoms with Gasteiger partial charge >= 0.3 is 59.9 Å². The van der Waals surface area contributed by atoms with E-state index in [1.165, 1.54) is 0 Å². The van der Waals surface area contributed by atoms with Crippen LogP contribution in [-0.4, -0.2) is 104 Å². The second-order valence-electron chi connectivity index (χ2n) is 22.0. The van der Waals surface area contributed by atoms with Gasteiger partial charge in [-0.05, 0) is 425 Å². The van der Waals surface area contributed by atoms with E-state index in [9.17, 15) is 0 Å². The van der Waals surface area contributed by atoms with Gasteiger partial charge in [0.25, 0.3) is 0 Å². The summed E-state index contributed by atoms with van der Waals surface area (Å²) in [5, 5.41) is 0. The Morgan fingerprint density at radius 2 is 0.336 bits per heavy atom. The molecule has 0 aromatic carbocycles. The number of terminal acetylenes is 15. The number of hydrogen-bond donors (Lipinski definition) is 0. The van der Waals surface area contributed by atoms with Gasteiger partial charge in [0.1, 0.15) is 0 Å². The summed E-state index contributed by atoms with van der Waals surface area (Å²) >= 11 is 0. The van der Waals surface area contributed by atoms with E-state index >= 15 is 0 Å². The van der Waals surface area contributed by atoms with Gasteiger partial charge in [0, 0.05) is 6.04 Å². The Morgan fingerprint density at radius 3 is 0.492 bits per heavy atom. The topological polar surface area (TPSA) is 73.8 Å². The molecule has 0 fully saturated rings. The molecule has 0 atom stereocenters. The molecule has 0 unspecified atom stereocenters. The van der Waals surface area contributed by atoms with Crippen LogP contribution in [0.4, 0.5) is 0 Å². The summed E-state index contributed by atoms with van der Waals surface area (Å²) in [6.07, 6.45) is 83.1. The van der Waals surface area contributed by atoms with Crippen LogP contribution < -0.4 is 0 Å². The zero-order valence-electron chi connectivity index (χ0n) is 65.7. The van der Waals surface area contributed by atoms with Crippen molar-refractivity contribution in [1.29, 1.82) is 0 Å². The van der Waals surface area contributed by atoms with E-state index in [0.717, 1.165) is 0 Å². The minimum Gasteiger partial charge on any atom is -0.429 e. The van der Waals surface area contributed by atoms with Crippen LogP contribution in [-0.2, 0) is 32.9 Å². The molecule has 8 nitrogen and oxygen atoms in total. The van der Waals surface area contributed by atoms with Gasteiger partial charge in [-0.3, -0.25) is 0 Å². The van der Waals surface area contributed by atoms with Gasteiger partial charge in [-0.15, -0.1) is 96.4 Å². The monoisotopic (exact) mass is 1730 g/mol. The predicted octanol–water partition coefficient (Wildman–Crippen LogP) is 2.88. The first kappa shape index (κ1) is 104. The van der Waals surface area contributed by atoms with Crippen molar-refractivity contribution in [2.24, 2.45) is 0 Å². The second-order valence-corrected chi connectivity index (χ2v) is 55.5. The Morgan fingerprint density at radius 1 is 0.189 bits per heavy atom. The smallest absolute Gasteiger partial charge is 0.429 e. The van der Waals surface area contributed by atoms with E-state index < -0.39 is 90.9 Å². The molecule has 0 aliphatic rings. The summed E-state index contributed by atoms with van der Waals surface area (Å²) in [7, 11) is -41.8. The Hall–Kier alpha value is -17.5. The quantitative estimate of drug-likeness (QED) is 0.0787. The van der Waals surface area contributed by atoms with E-state index in [1.54, 1.807) is 0 Å². The van der Waals surface area contributed by atoms with Gasteiger partial charge in [0.05, 0.1) is 0 Å². The van der Waals surface area contributed by atoms with E-state index in [-0.39, 0.29) is 25.6 Å². The summed E-state index contributed by atoms with van der Waals surface area (Å²) < 4.78 is 58.3. The highest BCUT2D eigenvalue weighted by atomic mass is 28.5. The van der Waals surface area contributed by atoms with Crippen LogP contribution >= 0.6 is 0 Å². The van der Waals surface area contributed by atoms with Crippen LogP contribution in [0.3, 0.4) is 0 Å². The minimum atomic E-state index is -5.53. The fourth-order valence-electron chi connectivity index (χ4n) is 7.07. The molecule has 0 aliphatic heterocycles. The molecule has 0 spiro atoms. The molecule has 0 saturated heterocycles. The van der Waals surface area contributed by atoms with Gasteiger partial charge in [-0.2, -0.15) is 0 Å². The lowest BCUT2D eigenvalue weighted by Gasteiger charge is -2.41. The van der Waals surface area contributed by atoms with Gasteiger partial charge in [0.2, 0.25) is 19.5 Å². The molecular formula is C102H46O8Si12. The highest BCUT2D eigenvalue weighted by Crippen LogP contribution is 2.34. The van der Waals surface area contributed by atoms with Crippen molar-refractivity contribution in [2.75, 3.05) is 0 Å². The Balaban J connectivity index is 10.7. The van der Waals surface area contributed by atoms with E-state index in [0.29, 0.717) is 24.2 Å². The van der Waals surface area contributed by atoms with Crippen LogP contribution in [0.1, 0.15) is 0 Å². The third-order valence-corrected chi connectivity index (χ3v) is 47.6. The van der Waals surface area contributed by atoms with Gasteiger partial charge in [0.15, 0.2) is 25.0 Å². The van der Waals surface area contributed by atoms with Crippen LogP contribution in [0.25, 0.3) is 0 Å². The van der Waals surface area contributed by atoms with Crippen molar-refractivity contribution < 1.29 is 32.9 Å². The van der Waals surface area contributed by atoms with Crippen molar-refractivity contribution in [1.82, 2.24) is 0 Å². The third-order valence-electron chi connectivity index (χ3n) is 11.8. The van der Waals surface area contributed by atoms with Crippen LogP contribution in [0.15, 0.2) is 0 Å². The summed E-state index contributed by atoms with van der Waals surface area (Å²) in [6.45, 7) is 11.6. The molecular weight excluding hydrogens is 1690 g/mol. The molecule has 0 amide bonds. The van der Waals surface area contributed by atoms with E-state index in [4.69, 9.17) is 129 Å². The normalized spacial score (nSPS) is 8.07. The minimum absolute atomic E-state index is 0.127. The summed E-state index contributed by atoms with van der Waals surface area (Å²) in [5.41, 5.74) is 44.9. The molecule has 20 heteroatoms. The van der Waals surface area contributed by atoms with Crippen LogP contribution in [0.5, 0.6) is 0 Å². The first-order valence-electron chi connectivity index (χ1n) is 33.1. The lowest BCUT2D eigenvalue weighted by molar-refractivity contribution is 0.265. The Labute approximate surface area is 741 Å². The van der Waals surface area contributed by atoms with Crippen molar-refractivity contribution >= 4 is 104 Å².